The van der Waals surface area contributed by atoms with E-state index in [0.29, 0.717) is 17.7 Å². The van der Waals surface area contributed by atoms with E-state index < -0.39 is 23.5 Å². The minimum atomic E-state index is -4.90. The number of hydrogen-bond acceptors (Lipinski definition) is 1. The molecule has 0 unspecified atom stereocenters. The van der Waals surface area contributed by atoms with Gasteiger partial charge in [0.2, 0.25) is 0 Å². The van der Waals surface area contributed by atoms with Crippen LogP contribution in [0, 0.1) is 5.92 Å². The lowest BCUT2D eigenvalue weighted by molar-refractivity contribution is -0.143. The molecule has 2 rings (SSSR count). The maximum absolute atomic E-state index is 12.9. The number of rotatable bonds is 3. The average molecular weight is 360 g/mol. The third-order valence-electron chi connectivity index (χ3n) is 3.61. The molecule has 25 heavy (non-hydrogen) atoms. The molecule has 0 aliphatic rings. The molecule has 0 aliphatic heterocycles. The number of carbonyl (C=O) groups excluding carboxylic acids is 1. The molecule has 0 saturated carbocycles. The molecule has 7 heteroatoms. The summed E-state index contributed by atoms with van der Waals surface area (Å²) >= 11 is 0. The van der Waals surface area contributed by atoms with Gasteiger partial charge in [0.15, 0.2) is 5.78 Å². The molecule has 0 saturated heterocycles. The highest BCUT2D eigenvalue weighted by atomic mass is 19.4. The second kappa shape index (κ2) is 6.54. The van der Waals surface area contributed by atoms with Crippen molar-refractivity contribution in [2.45, 2.75) is 26.2 Å². The van der Waals surface area contributed by atoms with Crippen molar-refractivity contribution in [3.05, 3.63) is 59.2 Å². The van der Waals surface area contributed by atoms with E-state index in [-0.39, 0.29) is 28.9 Å². The molecular formula is C18H14F6O. The van der Waals surface area contributed by atoms with Crippen molar-refractivity contribution in [3.8, 4) is 11.1 Å². The molecule has 2 aromatic rings. The zero-order valence-corrected chi connectivity index (χ0v) is 13.3. The van der Waals surface area contributed by atoms with Crippen LogP contribution in [0.1, 0.15) is 35.3 Å². The van der Waals surface area contributed by atoms with Gasteiger partial charge in [0.25, 0.3) is 0 Å². The fraction of sp³-hybridized carbons (Fsp3) is 0.278. The van der Waals surface area contributed by atoms with Gasteiger partial charge in [0.1, 0.15) is 0 Å². The van der Waals surface area contributed by atoms with Gasteiger partial charge >= 0.3 is 12.4 Å². The van der Waals surface area contributed by atoms with Crippen molar-refractivity contribution in [3.63, 3.8) is 0 Å². The minimum Gasteiger partial charge on any atom is -0.294 e. The first kappa shape index (κ1) is 19.0. The third-order valence-corrected chi connectivity index (χ3v) is 3.61. The highest BCUT2D eigenvalue weighted by molar-refractivity contribution is 5.97. The Kier molecular flexibility index (Phi) is 4.97. The van der Waals surface area contributed by atoms with Gasteiger partial charge < -0.3 is 0 Å². The summed E-state index contributed by atoms with van der Waals surface area (Å²) in [5, 5.41) is 0. The molecule has 0 fully saturated rings. The van der Waals surface area contributed by atoms with Gasteiger partial charge in [-0.15, -0.1) is 0 Å². The van der Waals surface area contributed by atoms with Crippen LogP contribution >= 0.6 is 0 Å². The van der Waals surface area contributed by atoms with Crippen molar-refractivity contribution >= 4 is 5.78 Å². The maximum atomic E-state index is 12.9. The first-order chi connectivity index (χ1) is 11.4. The van der Waals surface area contributed by atoms with Crippen LogP contribution in [0.25, 0.3) is 11.1 Å². The van der Waals surface area contributed by atoms with Crippen molar-refractivity contribution in [2.24, 2.45) is 5.92 Å². The number of hydrogen-bond donors (Lipinski definition) is 0. The second-order valence-electron chi connectivity index (χ2n) is 5.89. The normalized spacial score (nSPS) is 12.5. The van der Waals surface area contributed by atoms with Gasteiger partial charge in [-0.25, -0.2) is 0 Å². The number of alkyl halides is 6. The largest absolute Gasteiger partial charge is 0.416 e. The quantitative estimate of drug-likeness (QED) is 0.468. The van der Waals surface area contributed by atoms with Gasteiger partial charge in [0, 0.05) is 11.5 Å². The Morgan fingerprint density at radius 3 is 1.56 bits per heavy atom. The predicted octanol–water partition coefficient (Wildman–Crippen LogP) is 6.23. The molecule has 0 heterocycles. The SMILES string of the molecule is CC(C)C(=O)c1ccc(-c2cc(C(F)(F)F)cc(C(F)(F)F)c2)cc1. The zero-order chi connectivity index (χ0) is 19.0. The van der Waals surface area contributed by atoms with E-state index >= 15 is 0 Å². The fourth-order valence-electron chi connectivity index (χ4n) is 2.28. The molecule has 0 atom stereocenters. The second-order valence-corrected chi connectivity index (χ2v) is 5.89. The van der Waals surface area contributed by atoms with Gasteiger partial charge in [-0.2, -0.15) is 26.3 Å². The van der Waals surface area contributed by atoms with Crippen molar-refractivity contribution in [1.82, 2.24) is 0 Å². The average Bonchev–Trinajstić information content (AvgIpc) is 2.52. The van der Waals surface area contributed by atoms with Crippen LogP contribution in [0.15, 0.2) is 42.5 Å². The van der Waals surface area contributed by atoms with Gasteiger partial charge in [-0.05, 0) is 29.3 Å². The lowest BCUT2D eigenvalue weighted by atomic mass is 9.96. The summed E-state index contributed by atoms with van der Waals surface area (Å²) in [4.78, 5) is 11.9. The molecule has 0 spiro atoms. The smallest absolute Gasteiger partial charge is 0.294 e. The predicted molar refractivity (Wildman–Crippen MR) is 81.1 cm³/mol. The van der Waals surface area contributed by atoms with Crippen LogP contribution < -0.4 is 0 Å². The third kappa shape index (κ3) is 4.41. The lowest BCUT2D eigenvalue weighted by Gasteiger charge is -2.14. The van der Waals surface area contributed by atoms with E-state index in [0.717, 1.165) is 0 Å². The first-order valence-corrected chi connectivity index (χ1v) is 7.33. The van der Waals surface area contributed by atoms with E-state index in [4.69, 9.17) is 0 Å². The Morgan fingerprint density at radius 2 is 1.20 bits per heavy atom. The molecule has 134 valence electrons. The molecule has 0 amide bonds. The fourth-order valence-corrected chi connectivity index (χ4v) is 2.28. The van der Waals surface area contributed by atoms with E-state index in [1.165, 1.54) is 24.3 Å². The lowest BCUT2D eigenvalue weighted by Crippen LogP contribution is -2.11. The van der Waals surface area contributed by atoms with Crippen LogP contribution in [0.4, 0.5) is 26.3 Å². The number of Topliss-reactive ketones (excluding diaryl/α,β-unsaturated/α-hetero) is 1. The Morgan fingerprint density at radius 1 is 0.760 bits per heavy atom. The molecule has 0 aromatic heterocycles. The summed E-state index contributed by atoms with van der Waals surface area (Å²) in [6.45, 7) is 3.39. The molecule has 0 aliphatic carbocycles. The Labute approximate surface area is 140 Å². The summed E-state index contributed by atoms with van der Waals surface area (Å²) in [5.74, 6) is -0.428. The van der Waals surface area contributed by atoms with Crippen LogP contribution in [0.3, 0.4) is 0 Å². The van der Waals surface area contributed by atoms with E-state index in [1.54, 1.807) is 13.8 Å². The van der Waals surface area contributed by atoms with Crippen LogP contribution in [-0.4, -0.2) is 5.78 Å². The van der Waals surface area contributed by atoms with E-state index in [1.807, 2.05) is 0 Å². The molecule has 1 nitrogen and oxygen atoms in total. The summed E-state index contributed by atoms with van der Waals surface area (Å²) in [6.07, 6.45) is -9.80. The highest BCUT2D eigenvalue weighted by Crippen LogP contribution is 2.38. The van der Waals surface area contributed by atoms with Crippen molar-refractivity contribution in [2.75, 3.05) is 0 Å². The van der Waals surface area contributed by atoms with E-state index in [2.05, 4.69) is 0 Å². The minimum absolute atomic E-state index is 0.0835. The molecule has 0 radical (unpaired) electrons. The number of carbonyl (C=O) groups is 1. The van der Waals surface area contributed by atoms with Crippen LogP contribution in [0.5, 0.6) is 0 Å². The Balaban J connectivity index is 2.53. The standard InChI is InChI=1S/C18H14F6O/c1-10(2)16(25)12-5-3-11(4-6-12)13-7-14(17(19,20)21)9-15(8-13)18(22,23)24/h3-10H,1-2H3. The summed E-state index contributed by atoms with van der Waals surface area (Å²) in [6, 6.07) is 6.87. The highest BCUT2D eigenvalue weighted by Gasteiger charge is 2.37. The van der Waals surface area contributed by atoms with Crippen LogP contribution in [-0.2, 0) is 12.4 Å². The van der Waals surface area contributed by atoms with Crippen molar-refractivity contribution in [1.29, 1.82) is 0 Å². The molecular weight excluding hydrogens is 346 g/mol. The topological polar surface area (TPSA) is 17.1 Å². The van der Waals surface area contributed by atoms with Gasteiger partial charge in [-0.1, -0.05) is 38.1 Å². The van der Waals surface area contributed by atoms with E-state index in [9.17, 15) is 31.1 Å². The molecule has 2 aromatic carbocycles. The maximum Gasteiger partial charge on any atom is 0.416 e. The van der Waals surface area contributed by atoms with Crippen molar-refractivity contribution < 1.29 is 31.1 Å². The van der Waals surface area contributed by atoms with Gasteiger partial charge in [-0.3, -0.25) is 4.79 Å². The number of ketones is 1. The van der Waals surface area contributed by atoms with Gasteiger partial charge in [0.05, 0.1) is 11.1 Å². The number of benzene rings is 2. The monoisotopic (exact) mass is 360 g/mol. The summed E-state index contributed by atoms with van der Waals surface area (Å²) in [7, 11) is 0. The van der Waals surface area contributed by atoms with Crippen LogP contribution in [0.2, 0.25) is 0 Å². The molecule has 0 N–H and O–H groups in total. The number of halogens is 6. The Bertz CT molecular complexity index is 737. The summed E-state index contributed by atoms with van der Waals surface area (Å²) in [5.41, 5.74) is -2.45. The summed E-state index contributed by atoms with van der Waals surface area (Å²) < 4.78 is 77.4. The zero-order valence-electron chi connectivity index (χ0n) is 13.3. The Hall–Kier alpha value is -2.31. The molecule has 0 bridgehead atoms. The first-order valence-electron chi connectivity index (χ1n) is 7.33.